The highest BCUT2D eigenvalue weighted by atomic mass is 16.5. The molecule has 0 spiro atoms. The Balaban J connectivity index is 1.47. The second-order valence-corrected chi connectivity index (χ2v) is 6.10. The molecule has 0 saturated heterocycles. The fourth-order valence-electron chi connectivity index (χ4n) is 3.04. The Bertz CT molecular complexity index is 699. The first-order valence-electron chi connectivity index (χ1n) is 8.69. The van der Waals surface area contributed by atoms with Crippen LogP contribution in [0, 0.1) is 5.92 Å². The van der Waals surface area contributed by atoms with Crippen LogP contribution in [0.25, 0.3) is 0 Å². The van der Waals surface area contributed by atoms with Crippen molar-refractivity contribution in [3.05, 3.63) is 48.0 Å². The lowest BCUT2D eigenvalue weighted by Crippen LogP contribution is -2.36. The van der Waals surface area contributed by atoms with Gasteiger partial charge >= 0.3 is 0 Å². The van der Waals surface area contributed by atoms with Crippen LogP contribution in [0.3, 0.4) is 0 Å². The first kappa shape index (κ1) is 18.4. The number of benzene rings is 2. The van der Waals surface area contributed by atoms with Crippen molar-refractivity contribution in [2.24, 2.45) is 5.92 Å². The van der Waals surface area contributed by atoms with Gasteiger partial charge in [-0.2, -0.15) is 0 Å². The van der Waals surface area contributed by atoms with E-state index in [1.54, 1.807) is 14.2 Å². The van der Waals surface area contributed by atoms with Crippen molar-refractivity contribution >= 4 is 0 Å². The Labute approximate surface area is 153 Å². The van der Waals surface area contributed by atoms with Gasteiger partial charge in [0.2, 0.25) is 5.75 Å². The minimum absolute atomic E-state index is 0.00528. The molecule has 0 aliphatic carbocycles. The number of methoxy groups -OCH3 is 2. The topological polar surface area (TPSA) is 69.2 Å². The number of ether oxygens (including phenoxy) is 4. The van der Waals surface area contributed by atoms with Crippen molar-refractivity contribution < 1.29 is 24.1 Å². The van der Waals surface area contributed by atoms with Crippen LogP contribution in [0.4, 0.5) is 0 Å². The smallest absolute Gasteiger partial charge is 0.203 e. The molecule has 2 aromatic rings. The molecule has 3 rings (SSSR count). The molecule has 0 fully saturated rings. The lowest BCUT2D eigenvalue weighted by atomic mass is 9.93. The molecule has 0 aromatic heterocycles. The number of aliphatic hydroxyl groups excluding tert-OH is 1. The van der Waals surface area contributed by atoms with Gasteiger partial charge in [-0.15, -0.1) is 0 Å². The van der Waals surface area contributed by atoms with Crippen molar-refractivity contribution in [3.63, 3.8) is 0 Å². The molecule has 1 aliphatic heterocycles. The van der Waals surface area contributed by atoms with Crippen molar-refractivity contribution in [3.8, 4) is 23.0 Å². The van der Waals surface area contributed by atoms with Gasteiger partial charge in [-0.3, -0.25) is 0 Å². The van der Waals surface area contributed by atoms with Gasteiger partial charge in [-0.25, -0.2) is 0 Å². The Morgan fingerprint density at radius 1 is 1.08 bits per heavy atom. The molecule has 1 aliphatic rings. The van der Waals surface area contributed by atoms with Gasteiger partial charge in [-0.05, 0) is 18.2 Å². The highest BCUT2D eigenvalue weighted by Crippen LogP contribution is 2.37. The van der Waals surface area contributed by atoms with Crippen molar-refractivity contribution in [2.45, 2.75) is 6.10 Å². The molecule has 26 heavy (non-hydrogen) atoms. The highest BCUT2D eigenvalue weighted by molar-refractivity contribution is 5.51. The average molecular weight is 359 g/mol. The Morgan fingerprint density at radius 3 is 2.54 bits per heavy atom. The molecule has 2 N–H and O–H groups in total. The number of aliphatic hydroxyl groups is 1. The quantitative estimate of drug-likeness (QED) is 0.706. The predicted octanol–water partition coefficient (Wildman–Crippen LogP) is 2.41. The third-order valence-electron chi connectivity index (χ3n) is 4.45. The van der Waals surface area contributed by atoms with Gasteiger partial charge in [0.15, 0.2) is 11.5 Å². The molecule has 140 valence electrons. The monoisotopic (exact) mass is 359 g/mol. The van der Waals surface area contributed by atoms with Crippen LogP contribution in [0.1, 0.15) is 11.7 Å². The molecular weight excluding hydrogens is 334 g/mol. The second-order valence-electron chi connectivity index (χ2n) is 6.10. The van der Waals surface area contributed by atoms with Gasteiger partial charge in [-0.1, -0.05) is 24.3 Å². The third-order valence-corrected chi connectivity index (χ3v) is 4.45. The summed E-state index contributed by atoms with van der Waals surface area (Å²) in [4.78, 5) is 0. The first-order valence-corrected chi connectivity index (χ1v) is 8.69. The summed E-state index contributed by atoms with van der Waals surface area (Å²) in [5, 5.41) is 13.8. The van der Waals surface area contributed by atoms with E-state index in [1.165, 1.54) is 0 Å². The Hall–Kier alpha value is -2.44. The van der Waals surface area contributed by atoms with Gasteiger partial charge in [0.25, 0.3) is 0 Å². The first-order chi connectivity index (χ1) is 12.7. The average Bonchev–Trinajstić information content (AvgIpc) is 2.69. The number of nitrogens with one attached hydrogen (secondary N) is 1. The van der Waals surface area contributed by atoms with E-state index in [9.17, 15) is 5.11 Å². The maximum atomic E-state index is 10.5. The predicted molar refractivity (Wildman–Crippen MR) is 98.3 cm³/mol. The zero-order chi connectivity index (χ0) is 18.4. The van der Waals surface area contributed by atoms with E-state index in [1.807, 2.05) is 42.5 Å². The Kier molecular flexibility index (Phi) is 6.20. The minimum Gasteiger partial charge on any atom is -0.493 e. The Morgan fingerprint density at radius 2 is 1.81 bits per heavy atom. The second kappa shape index (κ2) is 8.78. The van der Waals surface area contributed by atoms with Crippen LogP contribution in [0.5, 0.6) is 23.0 Å². The number of hydrogen-bond donors (Lipinski definition) is 2. The lowest BCUT2D eigenvalue weighted by Gasteiger charge is -2.30. The van der Waals surface area contributed by atoms with E-state index in [0.29, 0.717) is 43.6 Å². The van der Waals surface area contributed by atoms with Crippen LogP contribution >= 0.6 is 0 Å². The van der Waals surface area contributed by atoms with Crippen molar-refractivity contribution in [1.82, 2.24) is 5.32 Å². The summed E-state index contributed by atoms with van der Waals surface area (Å²) >= 11 is 0. The number of hydrogen-bond acceptors (Lipinski definition) is 6. The summed E-state index contributed by atoms with van der Waals surface area (Å²) in [6.07, 6.45) is -0.525. The molecular formula is C20H25NO5. The molecule has 0 unspecified atom stereocenters. The molecule has 6 nitrogen and oxygen atoms in total. The van der Waals surface area contributed by atoms with E-state index < -0.39 is 6.10 Å². The van der Waals surface area contributed by atoms with Gasteiger partial charge in [0.1, 0.15) is 12.4 Å². The zero-order valence-corrected chi connectivity index (χ0v) is 15.1. The minimum atomic E-state index is -0.525. The molecule has 2 aromatic carbocycles. The summed E-state index contributed by atoms with van der Waals surface area (Å²) in [5.74, 6) is 2.64. The molecule has 6 heteroatoms. The van der Waals surface area contributed by atoms with Gasteiger partial charge in [0.05, 0.1) is 26.9 Å². The van der Waals surface area contributed by atoms with Crippen LogP contribution < -0.4 is 24.3 Å². The van der Waals surface area contributed by atoms with Gasteiger partial charge < -0.3 is 29.4 Å². The highest BCUT2D eigenvalue weighted by Gasteiger charge is 2.28. The number of fused-ring (bicyclic) bond motifs is 1. The summed E-state index contributed by atoms with van der Waals surface area (Å²) in [7, 11) is 3.20. The molecule has 0 amide bonds. The fraction of sp³-hybridized carbons (Fsp3) is 0.400. The SMILES string of the molecule is COc1cccc(OC)c1OCCNC[C@H]1COc2ccccc2[C@@H]1O. The van der Waals surface area contributed by atoms with E-state index >= 15 is 0 Å². The maximum absolute atomic E-state index is 10.5. The molecule has 2 atom stereocenters. The summed E-state index contributed by atoms with van der Waals surface area (Å²) in [5.41, 5.74) is 0.848. The van der Waals surface area contributed by atoms with Crippen LogP contribution in [0.2, 0.25) is 0 Å². The third kappa shape index (κ3) is 4.03. The van der Waals surface area contributed by atoms with E-state index in [4.69, 9.17) is 18.9 Å². The van der Waals surface area contributed by atoms with E-state index in [-0.39, 0.29) is 5.92 Å². The van der Waals surface area contributed by atoms with Crippen molar-refractivity contribution in [2.75, 3.05) is 40.5 Å². The van der Waals surface area contributed by atoms with Crippen LogP contribution in [0.15, 0.2) is 42.5 Å². The lowest BCUT2D eigenvalue weighted by molar-refractivity contribution is 0.0503. The standard InChI is InChI=1S/C20H25NO5/c1-23-17-8-5-9-18(24-2)20(17)25-11-10-21-12-14-13-26-16-7-4-3-6-15(16)19(14)22/h3-9,14,19,21-22H,10-13H2,1-2H3/t14-,19+/m0/s1. The van der Waals surface area contributed by atoms with Crippen LogP contribution in [-0.2, 0) is 0 Å². The van der Waals surface area contributed by atoms with Gasteiger partial charge in [0, 0.05) is 24.6 Å². The molecule has 0 radical (unpaired) electrons. The summed E-state index contributed by atoms with van der Waals surface area (Å²) in [6, 6.07) is 13.1. The number of para-hydroxylation sites is 2. The van der Waals surface area contributed by atoms with E-state index in [0.717, 1.165) is 11.3 Å². The van der Waals surface area contributed by atoms with Crippen LogP contribution in [-0.4, -0.2) is 45.6 Å². The largest absolute Gasteiger partial charge is 0.493 e. The van der Waals surface area contributed by atoms with E-state index in [2.05, 4.69) is 5.32 Å². The molecule has 0 bridgehead atoms. The van der Waals surface area contributed by atoms with Crippen molar-refractivity contribution in [1.29, 1.82) is 0 Å². The fourth-order valence-corrected chi connectivity index (χ4v) is 3.04. The normalized spacial score (nSPS) is 18.6. The summed E-state index contributed by atoms with van der Waals surface area (Å²) in [6.45, 7) is 2.22. The maximum Gasteiger partial charge on any atom is 0.203 e. The summed E-state index contributed by atoms with van der Waals surface area (Å²) < 4.78 is 22.2. The number of rotatable bonds is 8. The zero-order valence-electron chi connectivity index (χ0n) is 15.1. The molecule has 1 heterocycles. The molecule has 0 saturated carbocycles.